The van der Waals surface area contributed by atoms with E-state index in [0.717, 1.165) is 16.3 Å². The third kappa shape index (κ3) is 5.76. The lowest BCUT2D eigenvalue weighted by molar-refractivity contribution is -0.120. The van der Waals surface area contributed by atoms with Crippen LogP contribution in [-0.4, -0.2) is 17.7 Å². The second-order valence-electron chi connectivity index (χ2n) is 8.46. The molecule has 0 saturated carbocycles. The molecule has 0 unspecified atom stereocenters. The maximum Gasteiger partial charge on any atom is 0.283 e. The van der Waals surface area contributed by atoms with Crippen molar-refractivity contribution in [3.05, 3.63) is 123 Å². The molecule has 0 aromatic heterocycles. The summed E-state index contributed by atoms with van der Waals surface area (Å²) in [5.41, 5.74) is 3.41. The number of imide groups is 1. The summed E-state index contributed by atoms with van der Waals surface area (Å²) < 4.78 is 0. The summed E-state index contributed by atoms with van der Waals surface area (Å²) in [6.45, 7) is 0. The third-order valence-electron chi connectivity index (χ3n) is 5.80. The molecule has 4 aromatic carbocycles. The zero-order valence-corrected chi connectivity index (χ0v) is 22.3. The number of hydrogen-bond acceptors (Lipinski definition) is 5. The van der Waals surface area contributed by atoms with Gasteiger partial charge in [0.2, 0.25) is 0 Å². The maximum absolute atomic E-state index is 13.0. The second kappa shape index (κ2) is 11.2. The van der Waals surface area contributed by atoms with E-state index >= 15 is 0 Å². The highest BCUT2D eigenvalue weighted by molar-refractivity contribution is 6.54. The first-order chi connectivity index (χ1) is 18.8. The molecule has 0 aliphatic carbocycles. The minimum absolute atomic E-state index is 0.103. The minimum Gasteiger partial charge on any atom is -0.356 e. The van der Waals surface area contributed by atoms with Crippen molar-refractivity contribution in [3.63, 3.8) is 0 Å². The van der Waals surface area contributed by atoms with Gasteiger partial charge in [0.25, 0.3) is 17.7 Å². The summed E-state index contributed by atoms with van der Waals surface area (Å²) in [5.74, 6) is -1.69. The molecule has 0 fully saturated rings. The van der Waals surface area contributed by atoms with Crippen molar-refractivity contribution in [2.75, 3.05) is 20.9 Å². The van der Waals surface area contributed by atoms with Gasteiger partial charge in [0.05, 0.1) is 10.7 Å². The van der Waals surface area contributed by atoms with Crippen LogP contribution in [0.4, 0.5) is 28.4 Å². The van der Waals surface area contributed by atoms with Crippen LogP contribution in [0.15, 0.2) is 108 Å². The van der Waals surface area contributed by atoms with Gasteiger partial charge in [-0.2, -0.15) is 0 Å². The number of halogens is 3. The predicted molar refractivity (Wildman–Crippen MR) is 156 cm³/mol. The molecule has 4 aromatic rings. The smallest absolute Gasteiger partial charge is 0.283 e. The van der Waals surface area contributed by atoms with Crippen molar-refractivity contribution in [3.8, 4) is 0 Å². The Labute approximate surface area is 239 Å². The Morgan fingerprint density at radius 3 is 1.90 bits per heavy atom. The topological polar surface area (TPSA) is 90.5 Å². The molecule has 1 aliphatic rings. The van der Waals surface area contributed by atoms with E-state index in [-0.39, 0.29) is 27.3 Å². The van der Waals surface area contributed by atoms with Crippen LogP contribution in [-0.2, 0) is 9.59 Å². The zero-order chi connectivity index (χ0) is 27.5. The molecule has 0 spiro atoms. The van der Waals surface area contributed by atoms with Crippen LogP contribution in [0.5, 0.6) is 0 Å². The molecule has 3 amide bonds. The highest BCUT2D eigenvalue weighted by Gasteiger charge is 2.39. The molecule has 0 radical (unpaired) electrons. The molecule has 39 heavy (non-hydrogen) atoms. The van der Waals surface area contributed by atoms with E-state index in [1.807, 2.05) is 42.5 Å². The summed E-state index contributed by atoms with van der Waals surface area (Å²) in [4.78, 5) is 39.3. The second-order valence-corrected chi connectivity index (χ2v) is 9.68. The van der Waals surface area contributed by atoms with Gasteiger partial charge in [0, 0.05) is 33.3 Å². The number of nitrogens with zero attached hydrogens (tertiary/aromatic N) is 1. The van der Waals surface area contributed by atoms with Crippen molar-refractivity contribution in [1.82, 2.24) is 0 Å². The van der Waals surface area contributed by atoms with Crippen molar-refractivity contribution in [2.45, 2.75) is 0 Å². The molecule has 10 heteroatoms. The summed E-state index contributed by atoms with van der Waals surface area (Å²) >= 11 is 18.3. The van der Waals surface area contributed by atoms with Crippen LogP contribution in [0, 0.1) is 0 Å². The van der Waals surface area contributed by atoms with Gasteiger partial charge in [0.1, 0.15) is 10.7 Å². The third-order valence-corrected chi connectivity index (χ3v) is 6.69. The normalized spacial score (nSPS) is 13.1. The molecule has 0 atom stereocenters. The Morgan fingerprint density at radius 2 is 1.23 bits per heavy atom. The first kappa shape index (κ1) is 26.3. The summed E-state index contributed by atoms with van der Waals surface area (Å²) in [6, 6.07) is 27.9. The number of benzene rings is 4. The van der Waals surface area contributed by atoms with Gasteiger partial charge >= 0.3 is 0 Å². The highest BCUT2D eigenvalue weighted by atomic mass is 35.5. The van der Waals surface area contributed by atoms with Gasteiger partial charge in [-0.25, -0.2) is 4.90 Å². The number of hydrogen-bond donors (Lipinski definition) is 3. The summed E-state index contributed by atoms with van der Waals surface area (Å²) in [6.07, 6.45) is 0. The first-order valence-electron chi connectivity index (χ1n) is 11.6. The molecule has 3 N–H and O–H groups in total. The Hall–Kier alpha value is -4.30. The van der Waals surface area contributed by atoms with Crippen molar-refractivity contribution in [1.29, 1.82) is 0 Å². The SMILES string of the molecule is O=C(Nc1ccc(Nc2ccccc2)cc1)c1ccc(NC2=C(Cl)C(=O)N(c3ccc(Cl)cc3Cl)C2=O)cc1. The van der Waals surface area contributed by atoms with E-state index in [1.165, 1.54) is 18.2 Å². The van der Waals surface area contributed by atoms with Gasteiger partial charge in [0.15, 0.2) is 0 Å². The molecular formula is C29H19Cl3N4O3. The van der Waals surface area contributed by atoms with Crippen molar-refractivity contribution >= 4 is 81.0 Å². The van der Waals surface area contributed by atoms with Gasteiger partial charge in [-0.1, -0.05) is 53.0 Å². The van der Waals surface area contributed by atoms with E-state index in [2.05, 4.69) is 16.0 Å². The van der Waals surface area contributed by atoms with Crippen molar-refractivity contribution < 1.29 is 14.4 Å². The molecule has 1 heterocycles. The van der Waals surface area contributed by atoms with Crippen molar-refractivity contribution in [2.24, 2.45) is 0 Å². The number of amides is 3. The molecule has 7 nitrogen and oxygen atoms in total. The Kier molecular flexibility index (Phi) is 7.56. The van der Waals surface area contributed by atoms with E-state index in [4.69, 9.17) is 34.8 Å². The lowest BCUT2D eigenvalue weighted by Crippen LogP contribution is -2.32. The van der Waals surface area contributed by atoms with Gasteiger partial charge in [-0.05, 0) is 78.9 Å². The fourth-order valence-electron chi connectivity index (χ4n) is 3.87. The molecular weight excluding hydrogens is 559 g/mol. The van der Waals surface area contributed by atoms with Gasteiger partial charge < -0.3 is 16.0 Å². The van der Waals surface area contributed by atoms with Crippen LogP contribution in [0.25, 0.3) is 0 Å². The van der Waals surface area contributed by atoms with Crippen LogP contribution in [0.1, 0.15) is 10.4 Å². The lowest BCUT2D eigenvalue weighted by Gasteiger charge is -2.16. The number of carbonyl (C=O) groups excluding carboxylic acids is 3. The standard InChI is InChI=1S/C29H19Cl3N4O3/c30-18-8-15-24(23(31)16-18)36-28(38)25(32)26(29(36)39)34-21-9-6-17(7-10-21)27(37)35-22-13-11-20(12-14-22)33-19-4-2-1-3-5-19/h1-16,33-34H,(H,35,37). The number of rotatable bonds is 7. The number of anilines is 5. The van der Waals surface area contributed by atoms with Gasteiger partial charge in [-0.3, -0.25) is 14.4 Å². The van der Waals surface area contributed by atoms with Crippen LogP contribution in [0.2, 0.25) is 10.0 Å². The molecule has 5 rings (SSSR count). The largest absolute Gasteiger partial charge is 0.356 e. The fourth-order valence-corrected chi connectivity index (χ4v) is 4.58. The average Bonchev–Trinajstić information content (AvgIpc) is 3.14. The Balaban J connectivity index is 1.23. The average molecular weight is 578 g/mol. The Bertz CT molecular complexity index is 1610. The first-order valence-corrected chi connectivity index (χ1v) is 12.8. The monoisotopic (exact) mass is 576 g/mol. The van der Waals surface area contributed by atoms with Crippen LogP contribution < -0.4 is 20.9 Å². The predicted octanol–water partition coefficient (Wildman–Crippen LogP) is 7.43. The number of para-hydroxylation sites is 1. The number of carbonyl (C=O) groups is 3. The van der Waals surface area contributed by atoms with Crippen LogP contribution in [0.3, 0.4) is 0 Å². The quantitative estimate of drug-likeness (QED) is 0.199. The Morgan fingerprint density at radius 1 is 0.641 bits per heavy atom. The van der Waals surface area contributed by atoms with E-state index in [0.29, 0.717) is 22.0 Å². The highest BCUT2D eigenvalue weighted by Crippen LogP contribution is 2.35. The zero-order valence-electron chi connectivity index (χ0n) is 20.0. The van der Waals surface area contributed by atoms with E-state index in [1.54, 1.807) is 36.4 Å². The van der Waals surface area contributed by atoms with E-state index < -0.39 is 11.8 Å². The lowest BCUT2D eigenvalue weighted by atomic mass is 10.1. The fraction of sp³-hybridized carbons (Fsp3) is 0. The maximum atomic E-state index is 13.0. The summed E-state index contributed by atoms with van der Waals surface area (Å²) in [7, 11) is 0. The molecule has 0 bridgehead atoms. The molecule has 1 aliphatic heterocycles. The van der Waals surface area contributed by atoms with Gasteiger partial charge in [-0.15, -0.1) is 0 Å². The summed E-state index contributed by atoms with van der Waals surface area (Å²) in [5, 5.41) is 9.22. The van der Waals surface area contributed by atoms with Crippen LogP contribution >= 0.6 is 34.8 Å². The number of nitrogens with one attached hydrogen (secondary N) is 3. The molecule has 194 valence electrons. The molecule has 0 saturated heterocycles. The minimum atomic E-state index is -0.714. The van der Waals surface area contributed by atoms with E-state index in [9.17, 15) is 14.4 Å².